The number of rotatable bonds is 15. The molecule has 0 aromatic rings. The van der Waals surface area contributed by atoms with E-state index in [1.807, 2.05) is 6.92 Å². The Morgan fingerprint density at radius 3 is 1.81 bits per heavy atom. The topological polar surface area (TPSA) is 133 Å². The van der Waals surface area contributed by atoms with Crippen molar-refractivity contribution >= 4 is 28.0 Å². The Kier molecular flexibility index (Phi) is 17.0. The van der Waals surface area contributed by atoms with Gasteiger partial charge in [-0.1, -0.05) is 45.8 Å². The number of unbranched alkanes of at least 4 members (excludes halogenated alkanes) is 3. The van der Waals surface area contributed by atoms with Gasteiger partial charge in [0, 0.05) is 11.1 Å². The fourth-order valence-corrected chi connectivity index (χ4v) is 2.64. The summed E-state index contributed by atoms with van der Waals surface area (Å²) in [7, 11) is -4.33. The average Bonchev–Trinajstić information content (AvgIpc) is 2.64. The monoisotopic (exact) mass is 488 g/mol. The van der Waals surface area contributed by atoms with Gasteiger partial charge in [0.05, 0.1) is 0 Å². The molecule has 0 fully saturated rings. The fraction of sp³-hybridized carbons (Fsp3) is 0.650. The van der Waals surface area contributed by atoms with Crippen LogP contribution in [0.4, 0.5) is 0 Å². The third kappa shape index (κ3) is 14.2. The van der Waals surface area contributed by atoms with Crippen molar-refractivity contribution in [2.24, 2.45) is 5.41 Å². The van der Waals surface area contributed by atoms with Crippen LogP contribution in [0.15, 0.2) is 24.3 Å². The van der Waals surface area contributed by atoms with Crippen LogP contribution in [0, 0.1) is 5.41 Å². The van der Waals surface area contributed by atoms with E-state index in [-0.39, 0.29) is 70.4 Å². The SMILES string of the molecule is C=C(C)C(=O)OCC(CCCCCC)(COC(=O)C(=C)C)C(=O)OCCS(=O)(=O)O.[H-].[K+]. The van der Waals surface area contributed by atoms with Crippen LogP contribution >= 0.6 is 0 Å². The molecule has 0 bridgehead atoms. The minimum atomic E-state index is -4.33. The first-order valence-corrected chi connectivity index (χ1v) is 11.2. The summed E-state index contributed by atoms with van der Waals surface area (Å²) in [6.07, 6.45) is 3.35. The Hall–Kier alpha value is -0.564. The molecule has 0 saturated heterocycles. The number of esters is 3. The Balaban J connectivity index is -0.00000420. The predicted molar refractivity (Wildman–Crippen MR) is 111 cm³/mol. The second-order valence-corrected chi connectivity index (χ2v) is 8.80. The van der Waals surface area contributed by atoms with Gasteiger partial charge in [0.15, 0.2) is 0 Å². The van der Waals surface area contributed by atoms with Crippen LogP contribution in [0.3, 0.4) is 0 Å². The molecule has 0 aliphatic carbocycles. The van der Waals surface area contributed by atoms with Gasteiger partial charge < -0.3 is 15.6 Å². The molecule has 0 rings (SSSR count). The number of carbonyl (C=O) groups excluding carboxylic acids is 3. The second-order valence-electron chi connectivity index (χ2n) is 7.23. The first kappa shape index (κ1) is 32.6. The van der Waals surface area contributed by atoms with Crippen molar-refractivity contribution in [1.82, 2.24) is 0 Å². The van der Waals surface area contributed by atoms with Crippen LogP contribution in [-0.2, 0) is 38.7 Å². The molecule has 0 radical (unpaired) electrons. The van der Waals surface area contributed by atoms with Crippen LogP contribution in [0.2, 0.25) is 0 Å². The fourth-order valence-electron chi connectivity index (χ4n) is 2.34. The molecule has 174 valence electrons. The van der Waals surface area contributed by atoms with Crippen molar-refractivity contribution < 1.29 is 94.4 Å². The van der Waals surface area contributed by atoms with E-state index < -0.39 is 59.0 Å². The van der Waals surface area contributed by atoms with E-state index in [0.717, 1.165) is 19.3 Å². The summed E-state index contributed by atoms with van der Waals surface area (Å²) in [5.74, 6) is -3.15. The molecule has 11 heteroatoms. The zero-order chi connectivity index (χ0) is 23.4. The molecule has 0 aliphatic rings. The Morgan fingerprint density at radius 1 is 0.935 bits per heavy atom. The molecule has 0 aromatic heterocycles. The van der Waals surface area contributed by atoms with Gasteiger partial charge in [-0.2, -0.15) is 8.42 Å². The van der Waals surface area contributed by atoms with Gasteiger partial charge in [-0.3, -0.25) is 9.35 Å². The maximum atomic E-state index is 12.9. The van der Waals surface area contributed by atoms with Crippen LogP contribution in [0.5, 0.6) is 0 Å². The Labute approximate surface area is 228 Å². The van der Waals surface area contributed by atoms with Crippen LogP contribution in [-0.4, -0.2) is 56.5 Å². The van der Waals surface area contributed by atoms with Gasteiger partial charge in [-0.05, 0) is 20.3 Å². The standard InChI is InChI=1S/C20H32O9S.K.H/c1-6-7-8-9-10-20(13-28-17(21)15(2)3,14-29-18(22)16(4)5)19(23)27-11-12-30(24,25)26;;/h2,4,6-14H2,1,3,5H3,(H,24,25,26);;/q;+1;-1. The number of hydrogen-bond donors (Lipinski definition) is 1. The van der Waals surface area contributed by atoms with Crippen molar-refractivity contribution in [3.8, 4) is 0 Å². The predicted octanol–water partition coefficient (Wildman–Crippen LogP) is -0.271. The Morgan fingerprint density at radius 2 is 1.42 bits per heavy atom. The second kappa shape index (κ2) is 16.1. The zero-order valence-corrected chi connectivity index (χ0v) is 22.8. The normalized spacial score (nSPS) is 11.1. The summed E-state index contributed by atoms with van der Waals surface area (Å²) < 4.78 is 46.0. The molecule has 0 heterocycles. The van der Waals surface area contributed by atoms with E-state index in [1.54, 1.807) is 0 Å². The molecular weight excluding hydrogens is 455 g/mol. The summed E-state index contributed by atoms with van der Waals surface area (Å²) in [6, 6.07) is 0. The summed E-state index contributed by atoms with van der Waals surface area (Å²) in [6.45, 7) is 10.4. The van der Waals surface area contributed by atoms with Crippen molar-refractivity contribution in [2.45, 2.75) is 52.9 Å². The third-order valence-corrected chi connectivity index (χ3v) is 4.85. The summed E-state index contributed by atoms with van der Waals surface area (Å²) in [5.41, 5.74) is -1.30. The van der Waals surface area contributed by atoms with Crippen molar-refractivity contribution in [2.75, 3.05) is 25.6 Å². The number of hydrogen-bond acceptors (Lipinski definition) is 8. The molecule has 0 amide bonds. The minimum Gasteiger partial charge on any atom is -1.00 e. The van der Waals surface area contributed by atoms with Crippen molar-refractivity contribution in [3.05, 3.63) is 24.3 Å². The van der Waals surface area contributed by atoms with Crippen molar-refractivity contribution in [1.29, 1.82) is 0 Å². The van der Waals surface area contributed by atoms with Gasteiger partial charge in [-0.25, -0.2) is 9.59 Å². The van der Waals surface area contributed by atoms with Crippen molar-refractivity contribution in [3.63, 3.8) is 0 Å². The maximum Gasteiger partial charge on any atom is 1.00 e. The van der Waals surface area contributed by atoms with Crippen LogP contribution in [0.25, 0.3) is 0 Å². The van der Waals surface area contributed by atoms with Gasteiger partial charge >= 0.3 is 69.3 Å². The largest absolute Gasteiger partial charge is 1.00 e. The molecule has 31 heavy (non-hydrogen) atoms. The van der Waals surface area contributed by atoms with E-state index >= 15 is 0 Å². The first-order chi connectivity index (χ1) is 13.8. The van der Waals surface area contributed by atoms with Gasteiger partial charge in [0.1, 0.15) is 31.0 Å². The smallest absolute Gasteiger partial charge is 1.00 e. The zero-order valence-electron chi connectivity index (χ0n) is 19.9. The average molecular weight is 489 g/mol. The van der Waals surface area contributed by atoms with Crippen LogP contribution in [0.1, 0.15) is 54.3 Å². The third-order valence-electron chi connectivity index (χ3n) is 4.17. The quantitative estimate of drug-likeness (QED) is 0.0825. The van der Waals surface area contributed by atoms with Gasteiger partial charge in [0.2, 0.25) is 0 Å². The molecule has 0 saturated carbocycles. The molecule has 0 aliphatic heterocycles. The first-order valence-electron chi connectivity index (χ1n) is 9.62. The van der Waals surface area contributed by atoms with E-state index in [0.29, 0.717) is 6.42 Å². The maximum absolute atomic E-state index is 12.9. The van der Waals surface area contributed by atoms with Crippen LogP contribution < -0.4 is 51.4 Å². The number of carbonyl (C=O) groups is 3. The van der Waals surface area contributed by atoms with E-state index in [4.69, 9.17) is 18.8 Å². The molecule has 0 aromatic carbocycles. The summed E-state index contributed by atoms with van der Waals surface area (Å²) >= 11 is 0. The molecule has 0 atom stereocenters. The molecule has 0 spiro atoms. The molecule has 1 N–H and O–H groups in total. The summed E-state index contributed by atoms with van der Waals surface area (Å²) in [5, 5.41) is 0. The minimum absolute atomic E-state index is 0. The van der Waals surface area contributed by atoms with E-state index in [9.17, 15) is 22.8 Å². The molecule has 9 nitrogen and oxygen atoms in total. The van der Waals surface area contributed by atoms with Gasteiger partial charge in [0.25, 0.3) is 10.1 Å². The van der Waals surface area contributed by atoms with Gasteiger partial charge in [-0.15, -0.1) is 0 Å². The van der Waals surface area contributed by atoms with E-state index in [1.165, 1.54) is 13.8 Å². The Bertz CT molecular complexity index is 720. The number of ether oxygens (including phenoxy) is 3. The molecular formula is C20H33KO9S. The molecule has 0 unspecified atom stereocenters. The summed E-state index contributed by atoms with van der Waals surface area (Å²) in [4.78, 5) is 36.6. The van der Waals surface area contributed by atoms with E-state index in [2.05, 4.69) is 13.2 Å².